The SMILES string of the molecule is O=[N+]([O-])c1cc(-c2ccccc2-n2nc3ccccc3[n+]2[O-])cc([N+](=O)[O-])c1. The van der Waals surface area contributed by atoms with Crippen LogP contribution < -0.4 is 4.85 Å². The van der Waals surface area contributed by atoms with Gasteiger partial charge < -0.3 is 5.21 Å². The first kappa shape index (κ1) is 17.1. The van der Waals surface area contributed by atoms with Gasteiger partial charge in [-0.25, -0.2) is 0 Å². The molecule has 3 aromatic carbocycles. The Morgan fingerprint density at radius 2 is 1.46 bits per heavy atom. The maximum absolute atomic E-state index is 12.7. The summed E-state index contributed by atoms with van der Waals surface area (Å²) >= 11 is 0. The van der Waals surface area contributed by atoms with Gasteiger partial charge in [-0.05, 0) is 28.6 Å². The summed E-state index contributed by atoms with van der Waals surface area (Å²) in [4.78, 5) is 22.7. The molecule has 28 heavy (non-hydrogen) atoms. The Kier molecular flexibility index (Phi) is 3.93. The van der Waals surface area contributed by atoms with Crippen LogP contribution in [0.15, 0.2) is 66.7 Å². The average molecular weight is 377 g/mol. The molecule has 0 fully saturated rings. The summed E-state index contributed by atoms with van der Waals surface area (Å²) in [6.07, 6.45) is 0. The van der Waals surface area contributed by atoms with Crippen molar-refractivity contribution in [3.8, 4) is 16.8 Å². The molecule has 4 rings (SSSR count). The van der Waals surface area contributed by atoms with Gasteiger partial charge in [-0.2, -0.15) is 0 Å². The molecule has 10 nitrogen and oxygen atoms in total. The van der Waals surface area contributed by atoms with E-state index in [4.69, 9.17) is 0 Å². The van der Waals surface area contributed by atoms with Gasteiger partial charge in [0.1, 0.15) is 5.69 Å². The topological polar surface area (TPSA) is 131 Å². The summed E-state index contributed by atoms with van der Waals surface area (Å²) in [5.41, 5.74) is 0.949. The second kappa shape index (κ2) is 6.43. The highest BCUT2D eigenvalue weighted by molar-refractivity contribution is 5.77. The number of fused-ring (bicyclic) bond motifs is 1. The van der Waals surface area contributed by atoms with E-state index in [-0.39, 0.29) is 5.56 Å². The van der Waals surface area contributed by atoms with Crippen LogP contribution in [0.1, 0.15) is 0 Å². The van der Waals surface area contributed by atoms with E-state index < -0.39 is 21.2 Å². The summed E-state index contributed by atoms with van der Waals surface area (Å²) in [5, 5.41) is 39.3. The standard InChI is InChI=1S/C18H11N5O5/c24-21-18-8-4-2-6-16(18)19-20(21)17-7-3-1-5-15(17)12-9-13(22(25)26)11-14(10-12)23(27)28/h1-11H. The number of rotatable bonds is 4. The van der Waals surface area contributed by atoms with Crippen molar-refractivity contribution in [2.45, 2.75) is 0 Å². The van der Waals surface area contributed by atoms with E-state index in [1.54, 1.807) is 48.5 Å². The fourth-order valence-electron chi connectivity index (χ4n) is 2.96. The number of nitrogens with zero attached hydrogens (tertiary/aromatic N) is 5. The van der Waals surface area contributed by atoms with Gasteiger partial charge in [0.15, 0.2) is 0 Å². The first-order valence-electron chi connectivity index (χ1n) is 8.07. The lowest BCUT2D eigenvalue weighted by atomic mass is 10.0. The molecule has 0 radical (unpaired) electrons. The predicted molar refractivity (Wildman–Crippen MR) is 98.8 cm³/mol. The molecule has 4 aromatic rings. The van der Waals surface area contributed by atoms with Crippen molar-refractivity contribution in [2.24, 2.45) is 0 Å². The van der Waals surface area contributed by atoms with Crippen molar-refractivity contribution >= 4 is 22.4 Å². The third-order valence-corrected chi connectivity index (χ3v) is 4.22. The minimum atomic E-state index is -0.699. The Morgan fingerprint density at radius 1 is 0.857 bits per heavy atom. The molecule has 0 aliphatic carbocycles. The van der Waals surface area contributed by atoms with Crippen LogP contribution >= 0.6 is 0 Å². The molecule has 0 atom stereocenters. The maximum Gasteiger partial charge on any atom is 0.276 e. The van der Waals surface area contributed by atoms with Crippen molar-refractivity contribution in [3.63, 3.8) is 0 Å². The molecule has 0 saturated carbocycles. The second-order valence-corrected chi connectivity index (χ2v) is 5.92. The van der Waals surface area contributed by atoms with Gasteiger partial charge in [-0.1, -0.05) is 30.3 Å². The fraction of sp³-hybridized carbons (Fsp3) is 0. The van der Waals surface area contributed by atoms with E-state index in [0.717, 1.165) is 10.9 Å². The van der Waals surface area contributed by atoms with Gasteiger partial charge in [0.2, 0.25) is 11.0 Å². The molecule has 0 bridgehead atoms. The maximum atomic E-state index is 12.7. The fourth-order valence-corrected chi connectivity index (χ4v) is 2.96. The number of non-ortho nitro benzene ring substituents is 2. The summed E-state index contributed by atoms with van der Waals surface area (Å²) in [6.45, 7) is 0. The Morgan fingerprint density at radius 3 is 2.11 bits per heavy atom. The summed E-state index contributed by atoms with van der Waals surface area (Å²) < 4.78 is 0. The molecule has 0 saturated heterocycles. The largest absolute Gasteiger partial charge is 0.692 e. The van der Waals surface area contributed by atoms with Gasteiger partial charge in [0.05, 0.1) is 21.0 Å². The van der Waals surface area contributed by atoms with Gasteiger partial charge >= 0.3 is 0 Å². The van der Waals surface area contributed by atoms with Gasteiger partial charge in [0.25, 0.3) is 11.4 Å². The van der Waals surface area contributed by atoms with Crippen LogP contribution in [0.25, 0.3) is 27.8 Å². The van der Waals surface area contributed by atoms with Crippen LogP contribution in [0.5, 0.6) is 0 Å². The number of nitro benzene ring substituents is 2. The lowest BCUT2D eigenvalue weighted by molar-refractivity contribution is -0.664. The van der Waals surface area contributed by atoms with Crippen LogP contribution in [0.2, 0.25) is 0 Å². The van der Waals surface area contributed by atoms with Crippen LogP contribution in [0.4, 0.5) is 11.4 Å². The molecule has 0 N–H and O–H groups in total. The van der Waals surface area contributed by atoms with E-state index >= 15 is 0 Å². The Hall–Kier alpha value is -4.34. The number of hydrogen-bond acceptors (Lipinski definition) is 6. The quantitative estimate of drug-likeness (QED) is 0.232. The van der Waals surface area contributed by atoms with Gasteiger partial charge in [-0.15, -0.1) is 4.85 Å². The highest BCUT2D eigenvalue weighted by Gasteiger charge is 2.22. The molecule has 10 heteroatoms. The van der Waals surface area contributed by atoms with E-state index in [9.17, 15) is 25.4 Å². The lowest BCUT2D eigenvalue weighted by Gasteiger charge is -2.09. The van der Waals surface area contributed by atoms with Crippen LogP contribution in [-0.4, -0.2) is 19.7 Å². The van der Waals surface area contributed by atoms with Gasteiger partial charge in [0, 0.05) is 17.7 Å². The minimum absolute atomic E-state index is 0.232. The third-order valence-electron chi connectivity index (χ3n) is 4.22. The zero-order chi connectivity index (χ0) is 19.8. The first-order valence-corrected chi connectivity index (χ1v) is 8.07. The van der Waals surface area contributed by atoms with Gasteiger partial charge in [-0.3, -0.25) is 20.2 Å². The lowest BCUT2D eigenvalue weighted by Crippen LogP contribution is -2.37. The normalized spacial score (nSPS) is 10.9. The van der Waals surface area contributed by atoms with E-state index in [1.807, 2.05) is 0 Å². The average Bonchev–Trinajstić information content (AvgIpc) is 3.04. The summed E-state index contributed by atoms with van der Waals surface area (Å²) in [5.74, 6) is 0. The number of para-hydroxylation sites is 2. The van der Waals surface area contributed by atoms with E-state index in [0.29, 0.717) is 27.1 Å². The Balaban J connectivity index is 1.97. The summed E-state index contributed by atoms with van der Waals surface area (Å²) in [7, 11) is 0. The third kappa shape index (κ3) is 2.78. The van der Waals surface area contributed by atoms with Crippen LogP contribution in [0.3, 0.4) is 0 Å². The predicted octanol–water partition coefficient (Wildman–Crippen LogP) is 3.14. The monoisotopic (exact) mass is 377 g/mol. The van der Waals surface area contributed by atoms with Crippen molar-refractivity contribution in [1.29, 1.82) is 0 Å². The number of hydrogen-bond donors (Lipinski definition) is 0. The molecule has 138 valence electrons. The molecular formula is C18H11N5O5. The van der Waals surface area contributed by atoms with Crippen LogP contribution in [0, 0.1) is 25.4 Å². The van der Waals surface area contributed by atoms with E-state index in [1.165, 1.54) is 12.1 Å². The molecular weight excluding hydrogens is 366 g/mol. The summed E-state index contributed by atoms with van der Waals surface area (Å²) in [6, 6.07) is 16.7. The molecule has 0 unspecified atom stereocenters. The van der Waals surface area contributed by atoms with Crippen molar-refractivity contribution in [1.82, 2.24) is 9.90 Å². The van der Waals surface area contributed by atoms with Crippen LogP contribution in [-0.2, 0) is 0 Å². The molecule has 1 aromatic heterocycles. The minimum Gasteiger partial charge on any atom is -0.692 e. The first-order chi connectivity index (χ1) is 13.5. The molecule has 0 aliphatic rings. The van der Waals surface area contributed by atoms with Crippen molar-refractivity contribution in [2.75, 3.05) is 0 Å². The highest BCUT2D eigenvalue weighted by atomic mass is 16.6. The molecule has 0 amide bonds. The number of benzene rings is 3. The molecule has 0 spiro atoms. The van der Waals surface area contributed by atoms with E-state index in [2.05, 4.69) is 5.10 Å². The highest BCUT2D eigenvalue weighted by Crippen LogP contribution is 2.32. The number of aromatic nitrogens is 3. The molecule has 0 aliphatic heterocycles. The zero-order valence-corrected chi connectivity index (χ0v) is 14.1. The Labute approximate surface area is 156 Å². The Bertz CT molecular complexity index is 1220. The second-order valence-electron chi connectivity index (χ2n) is 5.92. The van der Waals surface area contributed by atoms with Crippen molar-refractivity contribution < 1.29 is 14.7 Å². The zero-order valence-electron chi connectivity index (χ0n) is 14.1. The smallest absolute Gasteiger partial charge is 0.276 e. The van der Waals surface area contributed by atoms with Crippen molar-refractivity contribution in [3.05, 3.63) is 92.2 Å². The molecule has 1 heterocycles. The number of nitro groups is 2.